The van der Waals surface area contributed by atoms with Gasteiger partial charge in [0, 0.05) is 11.3 Å². The predicted molar refractivity (Wildman–Crippen MR) is 59.9 cm³/mol. The van der Waals surface area contributed by atoms with Crippen molar-refractivity contribution in [1.82, 2.24) is 10.2 Å². The third-order valence-corrected chi connectivity index (χ3v) is 2.61. The maximum absolute atomic E-state index is 9.46. The Kier molecular flexibility index (Phi) is 2.23. The van der Waals surface area contributed by atoms with Crippen molar-refractivity contribution in [2.24, 2.45) is 0 Å². The maximum atomic E-state index is 9.46. The Labute approximate surface area is 88.8 Å². The van der Waals surface area contributed by atoms with Gasteiger partial charge in [0.2, 0.25) is 0 Å². The molecule has 0 saturated heterocycles. The van der Waals surface area contributed by atoms with Crippen LogP contribution in [0.3, 0.4) is 0 Å². The lowest BCUT2D eigenvalue weighted by molar-refractivity contribution is 0.471. The van der Waals surface area contributed by atoms with Crippen LogP contribution in [0.5, 0.6) is 5.75 Å². The molecule has 0 radical (unpaired) electrons. The summed E-state index contributed by atoms with van der Waals surface area (Å²) in [6, 6.07) is 5.60. The lowest BCUT2D eigenvalue weighted by atomic mass is 10.0. The number of benzene rings is 1. The number of aromatic hydroxyl groups is 1. The van der Waals surface area contributed by atoms with Gasteiger partial charge < -0.3 is 5.11 Å². The SMILES string of the molecule is Cc1cc(-c2c(C)n[nH]c2C)ccc1O. The highest BCUT2D eigenvalue weighted by molar-refractivity contribution is 5.69. The molecular weight excluding hydrogens is 188 g/mol. The number of nitrogens with one attached hydrogen (secondary N) is 1. The van der Waals surface area contributed by atoms with Crippen molar-refractivity contribution in [1.29, 1.82) is 0 Å². The normalized spacial score (nSPS) is 10.6. The first-order valence-electron chi connectivity index (χ1n) is 4.91. The van der Waals surface area contributed by atoms with Crippen LogP contribution in [0.15, 0.2) is 18.2 Å². The first-order chi connectivity index (χ1) is 7.09. The molecular formula is C12H14N2O. The molecule has 2 rings (SSSR count). The van der Waals surface area contributed by atoms with Crippen molar-refractivity contribution in [3.63, 3.8) is 0 Å². The number of aromatic amines is 1. The number of phenolic OH excluding ortho intramolecular Hbond substituents is 1. The van der Waals surface area contributed by atoms with E-state index >= 15 is 0 Å². The molecule has 0 aliphatic heterocycles. The minimum absolute atomic E-state index is 0.331. The van der Waals surface area contributed by atoms with E-state index in [0.717, 1.165) is 28.1 Å². The van der Waals surface area contributed by atoms with Crippen LogP contribution < -0.4 is 0 Å². The molecule has 0 atom stereocenters. The molecule has 0 saturated carbocycles. The third kappa shape index (κ3) is 1.61. The molecule has 0 aliphatic carbocycles. The molecule has 2 N–H and O–H groups in total. The van der Waals surface area contributed by atoms with Crippen LogP contribution in [0.2, 0.25) is 0 Å². The predicted octanol–water partition coefficient (Wildman–Crippen LogP) is 2.71. The van der Waals surface area contributed by atoms with Gasteiger partial charge in [0.05, 0.1) is 5.69 Å². The van der Waals surface area contributed by atoms with Gasteiger partial charge in [-0.2, -0.15) is 5.10 Å². The average Bonchev–Trinajstić information content (AvgIpc) is 2.52. The Bertz CT molecular complexity index is 481. The molecule has 1 heterocycles. The molecule has 2 aromatic rings. The smallest absolute Gasteiger partial charge is 0.118 e. The van der Waals surface area contributed by atoms with Crippen molar-refractivity contribution >= 4 is 0 Å². The van der Waals surface area contributed by atoms with E-state index in [4.69, 9.17) is 0 Å². The average molecular weight is 202 g/mol. The van der Waals surface area contributed by atoms with Crippen LogP contribution in [0.1, 0.15) is 17.0 Å². The monoisotopic (exact) mass is 202 g/mol. The first kappa shape index (κ1) is 9.77. The zero-order valence-electron chi connectivity index (χ0n) is 9.13. The first-order valence-corrected chi connectivity index (χ1v) is 4.91. The largest absolute Gasteiger partial charge is 0.508 e. The molecule has 0 aliphatic rings. The second-order valence-corrected chi connectivity index (χ2v) is 3.81. The molecule has 1 aromatic carbocycles. The van der Waals surface area contributed by atoms with Gasteiger partial charge in [-0.25, -0.2) is 0 Å². The highest BCUT2D eigenvalue weighted by atomic mass is 16.3. The molecule has 3 nitrogen and oxygen atoms in total. The second kappa shape index (κ2) is 3.42. The third-order valence-electron chi connectivity index (χ3n) is 2.61. The topological polar surface area (TPSA) is 48.9 Å². The maximum Gasteiger partial charge on any atom is 0.118 e. The minimum Gasteiger partial charge on any atom is -0.508 e. The Morgan fingerprint density at radius 2 is 1.93 bits per heavy atom. The summed E-state index contributed by atoms with van der Waals surface area (Å²) < 4.78 is 0. The van der Waals surface area contributed by atoms with E-state index < -0.39 is 0 Å². The molecule has 0 spiro atoms. The van der Waals surface area contributed by atoms with Crippen LogP contribution in [0.25, 0.3) is 11.1 Å². The summed E-state index contributed by atoms with van der Waals surface area (Å²) in [5.74, 6) is 0.331. The van der Waals surface area contributed by atoms with Crippen molar-refractivity contribution in [2.45, 2.75) is 20.8 Å². The minimum atomic E-state index is 0.331. The number of phenols is 1. The summed E-state index contributed by atoms with van der Waals surface area (Å²) in [5.41, 5.74) is 5.13. The number of aryl methyl sites for hydroxylation is 3. The van der Waals surface area contributed by atoms with Crippen LogP contribution in [0.4, 0.5) is 0 Å². The molecule has 0 unspecified atom stereocenters. The van der Waals surface area contributed by atoms with Gasteiger partial charge in [-0.15, -0.1) is 0 Å². The number of hydrogen-bond acceptors (Lipinski definition) is 2. The number of aromatic nitrogens is 2. The van der Waals surface area contributed by atoms with Gasteiger partial charge in [-0.1, -0.05) is 6.07 Å². The van der Waals surface area contributed by atoms with Crippen molar-refractivity contribution in [2.75, 3.05) is 0 Å². The van der Waals surface area contributed by atoms with E-state index in [1.54, 1.807) is 6.07 Å². The molecule has 78 valence electrons. The summed E-state index contributed by atoms with van der Waals surface area (Å²) in [5, 5.41) is 16.6. The van der Waals surface area contributed by atoms with Gasteiger partial charge >= 0.3 is 0 Å². The quantitative estimate of drug-likeness (QED) is 0.747. The number of H-pyrrole nitrogens is 1. The van der Waals surface area contributed by atoms with Gasteiger partial charge in [-0.05, 0) is 44.0 Å². The van der Waals surface area contributed by atoms with Crippen LogP contribution in [0, 0.1) is 20.8 Å². The zero-order valence-corrected chi connectivity index (χ0v) is 9.13. The number of nitrogens with zero attached hydrogens (tertiary/aromatic N) is 1. The fourth-order valence-electron chi connectivity index (χ4n) is 1.79. The summed E-state index contributed by atoms with van der Waals surface area (Å²) in [7, 11) is 0. The fraction of sp³-hybridized carbons (Fsp3) is 0.250. The standard InChI is InChI=1S/C12H14N2O/c1-7-6-10(4-5-11(7)15)12-8(2)13-14-9(12)3/h4-6,15H,1-3H3,(H,13,14). The van der Waals surface area contributed by atoms with Gasteiger partial charge in [0.15, 0.2) is 0 Å². The number of rotatable bonds is 1. The van der Waals surface area contributed by atoms with E-state index in [0.29, 0.717) is 5.75 Å². The van der Waals surface area contributed by atoms with Gasteiger partial charge in [0.25, 0.3) is 0 Å². The highest BCUT2D eigenvalue weighted by Crippen LogP contribution is 2.28. The summed E-state index contributed by atoms with van der Waals surface area (Å²) in [6.07, 6.45) is 0. The number of hydrogen-bond donors (Lipinski definition) is 2. The molecule has 15 heavy (non-hydrogen) atoms. The van der Waals surface area contributed by atoms with Crippen LogP contribution >= 0.6 is 0 Å². The second-order valence-electron chi connectivity index (χ2n) is 3.81. The zero-order chi connectivity index (χ0) is 11.0. The highest BCUT2D eigenvalue weighted by Gasteiger charge is 2.09. The van der Waals surface area contributed by atoms with E-state index in [1.165, 1.54) is 0 Å². The lowest BCUT2D eigenvalue weighted by Gasteiger charge is -2.04. The van der Waals surface area contributed by atoms with Crippen LogP contribution in [-0.4, -0.2) is 15.3 Å². The Balaban J connectivity index is 2.59. The Hall–Kier alpha value is -1.77. The van der Waals surface area contributed by atoms with Gasteiger partial charge in [0.1, 0.15) is 5.75 Å². The molecule has 1 aromatic heterocycles. The molecule has 0 fully saturated rings. The molecule has 0 amide bonds. The molecule has 3 heteroatoms. The molecule has 0 bridgehead atoms. The van der Waals surface area contributed by atoms with E-state index in [2.05, 4.69) is 10.2 Å². The Morgan fingerprint density at radius 3 is 2.47 bits per heavy atom. The van der Waals surface area contributed by atoms with Crippen LogP contribution in [-0.2, 0) is 0 Å². The Morgan fingerprint density at radius 1 is 1.20 bits per heavy atom. The van der Waals surface area contributed by atoms with E-state index in [9.17, 15) is 5.11 Å². The van der Waals surface area contributed by atoms with Crippen molar-refractivity contribution in [3.05, 3.63) is 35.2 Å². The van der Waals surface area contributed by atoms with Gasteiger partial charge in [-0.3, -0.25) is 5.10 Å². The van der Waals surface area contributed by atoms with E-state index in [1.807, 2.05) is 32.9 Å². The lowest BCUT2D eigenvalue weighted by Crippen LogP contribution is -1.83. The fourth-order valence-corrected chi connectivity index (χ4v) is 1.79. The van der Waals surface area contributed by atoms with Crippen molar-refractivity contribution < 1.29 is 5.11 Å². The summed E-state index contributed by atoms with van der Waals surface area (Å²) >= 11 is 0. The summed E-state index contributed by atoms with van der Waals surface area (Å²) in [4.78, 5) is 0. The summed E-state index contributed by atoms with van der Waals surface area (Å²) in [6.45, 7) is 5.86. The van der Waals surface area contributed by atoms with Crippen molar-refractivity contribution in [3.8, 4) is 16.9 Å². The van der Waals surface area contributed by atoms with E-state index in [-0.39, 0.29) is 0 Å².